The molecule has 4 aromatic rings. The second kappa shape index (κ2) is 6.91. The molecule has 0 N–H and O–H groups in total. The van der Waals surface area contributed by atoms with Gasteiger partial charge in [0, 0.05) is 29.4 Å². The van der Waals surface area contributed by atoms with Crippen LogP contribution in [0.4, 0.5) is 5.82 Å². The van der Waals surface area contributed by atoms with Crippen molar-refractivity contribution in [3.05, 3.63) is 58.8 Å². The highest BCUT2D eigenvalue weighted by molar-refractivity contribution is 7.08. The molecule has 4 heterocycles. The molecule has 1 saturated heterocycles. The first-order valence-electron chi connectivity index (χ1n) is 9.38. The number of benzene rings is 1. The molecule has 3 aromatic heterocycles. The fourth-order valence-corrected chi connectivity index (χ4v) is 4.61. The maximum Gasteiger partial charge on any atom is 0.186 e. The summed E-state index contributed by atoms with van der Waals surface area (Å²) in [6.07, 6.45) is 1.10. The summed E-state index contributed by atoms with van der Waals surface area (Å²) < 4.78 is 7.14. The molecule has 6 nitrogen and oxygen atoms in total. The van der Waals surface area contributed by atoms with Gasteiger partial charge in [-0.25, -0.2) is 0 Å². The molecular formula is C21H21N5OS. The molecule has 142 valence electrons. The van der Waals surface area contributed by atoms with Crippen molar-refractivity contribution >= 4 is 22.8 Å². The third kappa shape index (κ3) is 2.92. The predicted molar refractivity (Wildman–Crippen MR) is 111 cm³/mol. The zero-order chi connectivity index (χ0) is 19.1. The lowest BCUT2D eigenvalue weighted by atomic mass is 9.97. The average molecular weight is 392 g/mol. The fourth-order valence-electron chi connectivity index (χ4n) is 3.97. The molecule has 0 aliphatic carbocycles. The Kier molecular flexibility index (Phi) is 4.24. The summed E-state index contributed by atoms with van der Waals surface area (Å²) in [6, 6.07) is 14.9. The van der Waals surface area contributed by atoms with Crippen molar-refractivity contribution in [1.29, 1.82) is 0 Å². The van der Waals surface area contributed by atoms with Gasteiger partial charge >= 0.3 is 0 Å². The Bertz CT molecular complexity index is 1090. The summed E-state index contributed by atoms with van der Waals surface area (Å²) in [6.45, 7) is 3.21. The Morgan fingerprint density at radius 1 is 1.07 bits per heavy atom. The smallest absolute Gasteiger partial charge is 0.186 e. The molecule has 2 unspecified atom stereocenters. The van der Waals surface area contributed by atoms with Crippen molar-refractivity contribution in [3.8, 4) is 17.1 Å². The van der Waals surface area contributed by atoms with Crippen molar-refractivity contribution in [2.75, 3.05) is 18.6 Å². The van der Waals surface area contributed by atoms with Crippen LogP contribution in [0.2, 0.25) is 0 Å². The molecule has 28 heavy (non-hydrogen) atoms. The first-order valence-corrected chi connectivity index (χ1v) is 10.3. The Balaban J connectivity index is 1.45. The highest BCUT2D eigenvalue weighted by Gasteiger charge is 2.31. The number of hydrogen-bond donors (Lipinski definition) is 0. The molecule has 0 amide bonds. The topological polar surface area (TPSA) is 55.5 Å². The van der Waals surface area contributed by atoms with Crippen LogP contribution in [0.5, 0.6) is 5.75 Å². The van der Waals surface area contributed by atoms with Crippen molar-refractivity contribution in [2.45, 2.75) is 25.3 Å². The van der Waals surface area contributed by atoms with Gasteiger partial charge in [0.05, 0.1) is 7.11 Å². The highest BCUT2D eigenvalue weighted by Crippen LogP contribution is 2.35. The Morgan fingerprint density at radius 2 is 1.93 bits per heavy atom. The number of rotatable bonds is 4. The van der Waals surface area contributed by atoms with Crippen LogP contribution >= 0.6 is 11.3 Å². The average Bonchev–Trinajstić information content (AvgIpc) is 3.46. The molecule has 2 atom stereocenters. The van der Waals surface area contributed by atoms with Crippen molar-refractivity contribution in [3.63, 3.8) is 0 Å². The van der Waals surface area contributed by atoms with E-state index < -0.39 is 0 Å². The summed E-state index contributed by atoms with van der Waals surface area (Å²) in [5.41, 5.74) is 3.16. The van der Waals surface area contributed by atoms with Gasteiger partial charge in [0.2, 0.25) is 0 Å². The maximum absolute atomic E-state index is 5.28. The summed E-state index contributed by atoms with van der Waals surface area (Å²) >= 11 is 1.65. The van der Waals surface area contributed by atoms with Crippen LogP contribution in [-0.4, -0.2) is 39.5 Å². The second-order valence-corrected chi connectivity index (χ2v) is 7.98. The normalized spacial score (nSPS) is 19.4. The monoisotopic (exact) mass is 391 g/mol. The molecule has 1 aromatic carbocycles. The molecular weight excluding hydrogens is 370 g/mol. The van der Waals surface area contributed by atoms with Crippen molar-refractivity contribution in [2.24, 2.45) is 0 Å². The largest absolute Gasteiger partial charge is 0.497 e. The molecule has 1 aliphatic rings. The van der Waals surface area contributed by atoms with Gasteiger partial charge in [-0.3, -0.25) is 0 Å². The first-order chi connectivity index (χ1) is 13.7. The van der Waals surface area contributed by atoms with E-state index in [0.717, 1.165) is 41.6 Å². The van der Waals surface area contributed by atoms with Crippen LogP contribution < -0.4 is 9.64 Å². The number of thiophene rings is 1. The van der Waals surface area contributed by atoms with Crippen LogP contribution in [0.1, 0.15) is 24.8 Å². The van der Waals surface area contributed by atoms with E-state index in [0.29, 0.717) is 12.0 Å². The minimum atomic E-state index is 0.415. The Morgan fingerprint density at radius 3 is 2.68 bits per heavy atom. The van der Waals surface area contributed by atoms with E-state index in [1.807, 2.05) is 40.2 Å². The van der Waals surface area contributed by atoms with Gasteiger partial charge in [0.15, 0.2) is 11.5 Å². The molecule has 1 fully saturated rings. The lowest BCUT2D eigenvalue weighted by Crippen LogP contribution is -2.28. The van der Waals surface area contributed by atoms with Gasteiger partial charge in [-0.05, 0) is 54.6 Å². The van der Waals surface area contributed by atoms with E-state index in [2.05, 4.69) is 39.5 Å². The molecule has 7 heteroatoms. The second-order valence-electron chi connectivity index (χ2n) is 7.20. The van der Waals surface area contributed by atoms with Crippen LogP contribution in [0.15, 0.2) is 53.2 Å². The van der Waals surface area contributed by atoms with Crippen molar-refractivity contribution in [1.82, 2.24) is 19.8 Å². The zero-order valence-corrected chi connectivity index (χ0v) is 16.6. The Hall–Kier alpha value is -2.93. The zero-order valence-electron chi connectivity index (χ0n) is 15.8. The van der Waals surface area contributed by atoms with E-state index in [9.17, 15) is 0 Å². The van der Waals surface area contributed by atoms with Gasteiger partial charge in [-0.15, -0.1) is 15.3 Å². The maximum atomic E-state index is 5.28. The van der Waals surface area contributed by atoms with Crippen LogP contribution in [0.3, 0.4) is 0 Å². The Labute approximate surface area is 167 Å². The van der Waals surface area contributed by atoms with E-state index in [1.54, 1.807) is 18.4 Å². The summed E-state index contributed by atoms with van der Waals surface area (Å²) in [4.78, 5) is 2.38. The number of anilines is 1. The van der Waals surface area contributed by atoms with Gasteiger partial charge in [-0.2, -0.15) is 15.9 Å². The number of methoxy groups -OCH3 is 1. The van der Waals surface area contributed by atoms with Gasteiger partial charge in [-0.1, -0.05) is 12.1 Å². The number of aromatic nitrogens is 4. The van der Waals surface area contributed by atoms with E-state index in [4.69, 9.17) is 9.84 Å². The lowest BCUT2D eigenvalue weighted by molar-refractivity contribution is 0.414. The van der Waals surface area contributed by atoms with Crippen molar-refractivity contribution < 1.29 is 4.74 Å². The number of ether oxygens (including phenoxy) is 1. The SMILES string of the molecule is COc1ccc(C2CC(C)N(c3ccc4nnc(-c5ccsc5)n4n3)C2)cc1. The summed E-state index contributed by atoms with van der Waals surface area (Å²) in [7, 11) is 1.70. The number of hydrogen-bond acceptors (Lipinski definition) is 6. The number of fused-ring (bicyclic) bond motifs is 1. The fraction of sp³-hybridized carbons (Fsp3) is 0.286. The minimum Gasteiger partial charge on any atom is -0.497 e. The highest BCUT2D eigenvalue weighted by atomic mass is 32.1. The van der Waals surface area contributed by atoms with Crippen LogP contribution in [0.25, 0.3) is 17.0 Å². The molecule has 0 bridgehead atoms. The van der Waals surface area contributed by atoms with Gasteiger partial charge < -0.3 is 9.64 Å². The first kappa shape index (κ1) is 17.2. The van der Waals surface area contributed by atoms with E-state index in [1.165, 1.54) is 5.56 Å². The van der Waals surface area contributed by atoms with Crippen LogP contribution in [0, 0.1) is 0 Å². The van der Waals surface area contributed by atoms with Gasteiger partial charge in [0.1, 0.15) is 11.6 Å². The predicted octanol–water partition coefficient (Wildman–Crippen LogP) is 4.24. The number of nitrogens with zero attached hydrogens (tertiary/aromatic N) is 5. The standard InChI is InChI=1S/C21H21N5OS/c1-14-11-17(15-3-5-18(27-2)6-4-15)12-25(14)20-8-7-19-22-23-21(26(19)24-20)16-9-10-28-13-16/h3-10,13-14,17H,11-12H2,1-2H3. The summed E-state index contributed by atoms with van der Waals surface area (Å²) in [5, 5.41) is 17.6. The lowest BCUT2D eigenvalue weighted by Gasteiger charge is -2.22. The third-order valence-corrected chi connectivity index (χ3v) is 6.17. The third-order valence-electron chi connectivity index (χ3n) is 5.48. The van der Waals surface area contributed by atoms with Crippen LogP contribution in [-0.2, 0) is 0 Å². The van der Waals surface area contributed by atoms with E-state index >= 15 is 0 Å². The summed E-state index contributed by atoms with van der Waals surface area (Å²) in [5.74, 6) is 3.13. The van der Waals surface area contributed by atoms with E-state index in [-0.39, 0.29) is 0 Å². The molecule has 0 saturated carbocycles. The minimum absolute atomic E-state index is 0.415. The quantitative estimate of drug-likeness (QED) is 0.521. The molecule has 1 aliphatic heterocycles. The van der Waals surface area contributed by atoms with Gasteiger partial charge in [0.25, 0.3) is 0 Å². The molecule has 5 rings (SSSR count). The molecule has 0 spiro atoms. The molecule has 0 radical (unpaired) electrons.